The third-order valence-electron chi connectivity index (χ3n) is 2.23. The van der Waals surface area contributed by atoms with Gasteiger partial charge in [-0.05, 0) is 36.0 Å². The van der Waals surface area contributed by atoms with Crippen molar-refractivity contribution in [2.24, 2.45) is 5.10 Å². The van der Waals surface area contributed by atoms with Gasteiger partial charge in [-0.3, -0.25) is 0 Å². The molecule has 2 aromatic rings. The molecule has 0 bridgehead atoms. The number of H-pyrrole nitrogens is 1. The van der Waals surface area contributed by atoms with Gasteiger partial charge in [0.05, 0.1) is 6.21 Å². The Balaban J connectivity index is 2.39. The quantitative estimate of drug-likeness (QED) is 0.451. The van der Waals surface area contributed by atoms with Crippen LogP contribution in [0.2, 0.25) is 0 Å². The zero-order valence-electron chi connectivity index (χ0n) is 9.59. The van der Waals surface area contributed by atoms with E-state index in [4.69, 9.17) is 5.11 Å². The molecule has 2 rings (SSSR count). The van der Waals surface area contributed by atoms with E-state index in [0.29, 0.717) is 4.68 Å². The second-order valence-electron chi connectivity index (χ2n) is 3.65. The van der Waals surface area contributed by atoms with Crippen molar-refractivity contribution in [3.05, 3.63) is 34.4 Å². The van der Waals surface area contributed by atoms with Gasteiger partial charge in [0.2, 0.25) is 4.77 Å². The van der Waals surface area contributed by atoms with E-state index in [9.17, 15) is 18.3 Å². The monoisotopic (exact) mass is 304 g/mol. The Morgan fingerprint density at radius 3 is 2.60 bits per heavy atom. The van der Waals surface area contributed by atoms with Gasteiger partial charge in [0, 0.05) is 0 Å². The number of nitrogens with one attached hydrogen (secondary N) is 1. The lowest BCUT2D eigenvalue weighted by Crippen LogP contribution is -2.12. The van der Waals surface area contributed by atoms with E-state index in [-0.39, 0.29) is 16.1 Å². The van der Waals surface area contributed by atoms with Crippen LogP contribution in [0.15, 0.2) is 23.3 Å². The molecule has 0 aliphatic carbocycles. The summed E-state index contributed by atoms with van der Waals surface area (Å²) in [4.78, 5) is 0. The maximum absolute atomic E-state index is 12.6. The molecular formula is C10H7F3N4O2S. The van der Waals surface area contributed by atoms with Crippen molar-refractivity contribution in [2.75, 3.05) is 0 Å². The van der Waals surface area contributed by atoms with Crippen molar-refractivity contribution in [3.8, 4) is 11.5 Å². The molecule has 0 atom stereocenters. The van der Waals surface area contributed by atoms with Gasteiger partial charge in [0.25, 0.3) is 5.82 Å². The Hall–Kier alpha value is -2.36. The molecule has 0 spiro atoms. The molecule has 10 heteroatoms. The first-order valence-electron chi connectivity index (χ1n) is 5.10. The summed E-state index contributed by atoms with van der Waals surface area (Å²) in [6, 6.07) is 3.67. The van der Waals surface area contributed by atoms with Crippen molar-refractivity contribution in [3.63, 3.8) is 0 Å². The lowest BCUT2D eigenvalue weighted by Gasteiger charge is -2.04. The smallest absolute Gasteiger partial charge is 0.453 e. The van der Waals surface area contributed by atoms with Crippen molar-refractivity contribution >= 4 is 18.4 Å². The zero-order chi connectivity index (χ0) is 14.9. The first kappa shape index (κ1) is 14.1. The second kappa shape index (κ2) is 4.96. The van der Waals surface area contributed by atoms with E-state index in [1.165, 1.54) is 12.1 Å². The number of alkyl halides is 3. The van der Waals surface area contributed by atoms with Crippen LogP contribution in [0.3, 0.4) is 0 Å². The number of phenols is 2. The van der Waals surface area contributed by atoms with Crippen LogP contribution >= 0.6 is 12.2 Å². The molecule has 0 amide bonds. The molecule has 0 saturated carbocycles. The predicted octanol–water partition coefficient (Wildman–Crippen LogP) is 2.25. The fraction of sp³-hybridized carbons (Fsp3) is 0.100. The number of phenolic OH excluding ortho intramolecular Hbond substituents is 2. The molecule has 3 N–H and O–H groups in total. The molecule has 106 valence electrons. The average molecular weight is 304 g/mol. The van der Waals surface area contributed by atoms with E-state index in [1.807, 2.05) is 5.10 Å². The maximum atomic E-state index is 12.6. The fourth-order valence-electron chi connectivity index (χ4n) is 1.33. The third kappa shape index (κ3) is 2.79. The van der Waals surface area contributed by atoms with Crippen LogP contribution in [0, 0.1) is 4.77 Å². The molecule has 1 aromatic heterocycles. The number of nitrogens with zero attached hydrogens (tertiary/aromatic N) is 3. The summed E-state index contributed by atoms with van der Waals surface area (Å²) in [6.07, 6.45) is -3.66. The van der Waals surface area contributed by atoms with E-state index >= 15 is 0 Å². The van der Waals surface area contributed by atoms with Crippen molar-refractivity contribution in [1.29, 1.82) is 0 Å². The Kier molecular flexibility index (Phi) is 3.49. The minimum Gasteiger partial charge on any atom is -0.504 e. The van der Waals surface area contributed by atoms with E-state index in [2.05, 4.69) is 22.4 Å². The zero-order valence-corrected chi connectivity index (χ0v) is 10.4. The van der Waals surface area contributed by atoms with E-state index in [0.717, 1.165) is 12.3 Å². The summed E-state index contributed by atoms with van der Waals surface area (Å²) in [5, 5.41) is 27.0. The minimum atomic E-state index is -4.71. The highest BCUT2D eigenvalue weighted by molar-refractivity contribution is 7.71. The SMILES string of the molecule is Oc1ccc(/C=N\n2c(C(F)(F)F)n[nH]c2=S)cc1O. The lowest BCUT2D eigenvalue weighted by molar-refractivity contribution is -0.147. The summed E-state index contributed by atoms with van der Waals surface area (Å²) >= 11 is 4.65. The summed E-state index contributed by atoms with van der Waals surface area (Å²) in [7, 11) is 0. The van der Waals surface area contributed by atoms with Gasteiger partial charge in [-0.25, -0.2) is 5.10 Å². The largest absolute Gasteiger partial charge is 0.504 e. The van der Waals surface area contributed by atoms with Gasteiger partial charge in [-0.15, -0.1) is 5.10 Å². The Bertz CT molecular complexity index is 720. The van der Waals surface area contributed by atoms with E-state index < -0.39 is 17.8 Å². The van der Waals surface area contributed by atoms with Crippen LogP contribution in [-0.2, 0) is 6.18 Å². The minimum absolute atomic E-state index is 0.275. The van der Waals surface area contributed by atoms with Crippen LogP contribution in [0.1, 0.15) is 11.4 Å². The summed E-state index contributed by atoms with van der Waals surface area (Å²) in [5.41, 5.74) is 0.275. The highest BCUT2D eigenvalue weighted by Crippen LogP contribution is 2.27. The number of benzene rings is 1. The van der Waals surface area contributed by atoms with Gasteiger partial charge in [0.1, 0.15) is 0 Å². The molecule has 0 saturated heterocycles. The molecular weight excluding hydrogens is 297 g/mol. The summed E-state index contributed by atoms with van der Waals surface area (Å²) in [6.45, 7) is 0. The third-order valence-corrected chi connectivity index (χ3v) is 2.49. The van der Waals surface area contributed by atoms with Crippen LogP contribution < -0.4 is 0 Å². The normalized spacial score (nSPS) is 12.2. The topological polar surface area (TPSA) is 86.4 Å². The number of hydrogen-bond acceptors (Lipinski definition) is 5. The van der Waals surface area contributed by atoms with Gasteiger partial charge in [-0.1, -0.05) is 0 Å². The first-order chi connectivity index (χ1) is 9.29. The Morgan fingerprint density at radius 1 is 1.30 bits per heavy atom. The average Bonchev–Trinajstić information content (AvgIpc) is 2.72. The second-order valence-corrected chi connectivity index (χ2v) is 4.04. The molecule has 0 unspecified atom stereocenters. The molecule has 1 heterocycles. The molecule has 6 nitrogen and oxygen atoms in total. The van der Waals surface area contributed by atoms with Crippen molar-refractivity contribution in [2.45, 2.75) is 6.18 Å². The number of aromatic hydroxyl groups is 2. The van der Waals surface area contributed by atoms with Crippen LogP contribution in [0.4, 0.5) is 13.2 Å². The Morgan fingerprint density at radius 2 is 2.00 bits per heavy atom. The first-order valence-corrected chi connectivity index (χ1v) is 5.51. The highest BCUT2D eigenvalue weighted by Gasteiger charge is 2.37. The van der Waals surface area contributed by atoms with Crippen LogP contribution in [0.5, 0.6) is 11.5 Å². The van der Waals surface area contributed by atoms with Gasteiger partial charge >= 0.3 is 6.18 Å². The van der Waals surface area contributed by atoms with Gasteiger partial charge in [0.15, 0.2) is 11.5 Å². The maximum Gasteiger partial charge on any atom is 0.453 e. The van der Waals surface area contributed by atoms with E-state index in [1.54, 1.807) is 0 Å². The number of aromatic amines is 1. The number of hydrogen-bond donors (Lipinski definition) is 3. The molecule has 1 aromatic carbocycles. The van der Waals surface area contributed by atoms with Crippen molar-refractivity contribution in [1.82, 2.24) is 14.9 Å². The molecule has 0 radical (unpaired) electrons. The van der Waals surface area contributed by atoms with Gasteiger partial charge in [-0.2, -0.15) is 22.9 Å². The molecule has 0 fully saturated rings. The number of rotatable bonds is 2. The molecule has 20 heavy (non-hydrogen) atoms. The predicted molar refractivity (Wildman–Crippen MR) is 65.2 cm³/mol. The number of halogens is 3. The summed E-state index contributed by atoms with van der Waals surface area (Å²) < 4.78 is 37.9. The van der Waals surface area contributed by atoms with Gasteiger partial charge < -0.3 is 10.2 Å². The highest BCUT2D eigenvalue weighted by atomic mass is 32.1. The summed E-state index contributed by atoms with van der Waals surface area (Å²) in [5.74, 6) is -2.06. The van der Waals surface area contributed by atoms with Crippen molar-refractivity contribution < 1.29 is 23.4 Å². The fourth-order valence-corrected chi connectivity index (χ4v) is 1.51. The molecule has 0 aliphatic rings. The number of aromatic nitrogens is 3. The van der Waals surface area contributed by atoms with Crippen LogP contribution in [0.25, 0.3) is 0 Å². The standard InChI is InChI=1S/C10H7F3N4O2S/c11-10(12,13)8-15-16-9(20)17(8)14-4-5-1-2-6(18)7(19)3-5/h1-4,18-19H,(H,16,20)/b14-4-. The Labute approximate surface area is 114 Å². The lowest BCUT2D eigenvalue weighted by atomic mass is 10.2. The van der Waals surface area contributed by atoms with Crippen LogP contribution in [-0.4, -0.2) is 31.3 Å². The molecule has 0 aliphatic heterocycles.